The Bertz CT molecular complexity index is 1420. The molecular formula is C33H40Cl2FN3O4. The number of carbonyl (C=O) groups is 3. The molecule has 0 bridgehead atoms. The lowest BCUT2D eigenvalue weighted by Crippen LogP contribution is -2.49. The lowest BCUT2D eigenvalue weighted by atomic mass is 9.62. The first kappa shape index (κ1) is 31.9. The van der Waals surface area contributed by atoms with Gasteiger partial charge in [0.15, 0.2) is 5.78 Å². The molecule has 232 valence electrons. The summed E-state index contributed by atoms with van der Waals surface area (Å²) in [5.74, 6) is -2.19. The first-order chi connectivity index (χ1) is 20.2. The van der Waals surface area contributed by atoms with E-state index in [9.17, 15) is 14.4 Å². The average molecular weight is 633 g/mol. The lowest BCUT2D eigenvalue weighted by Gasteiger charge is -2.38. The van der Waals surface area contributed by atoms with Crippen LogP contribution in [0, 0.1) is 17.2 Å². The summed E-state index contributed by atoms with van der Waals surface area (Å²) in [4.78, 5) is 40.5. The van der Waals surface area contributed by atoms with Crippen LogP contribution in [-0.2, 0) is 24.5 Å². The van der Waals surface area contributed by atoms with Crippen LogP contribution >= 0.6 is 23.2 Å². The van der Waals surface area contributed by atoms with Gasteiger partial charge in [-0.2, -0.15) is 0 Å². The van der Waals surface area contributed by atoms with Gasteiger partial charge in [0.2, 0.25) is 5.91 Å². The van der Waals surface area contributed by atoms with Gasteiger partial charge in [-0.1, -0.05) is 62.2 Å². The molecule has 2 heterocycles. The van der Waals surface area contributed by atoms with Crippen molar-refractivity contribution in [3.8, 4) is 0 Å². The van der Waals surface area contributed by atoms with Gasteiger partial charge in [-0.3, -0.25) is 14.4 Å². The Labute approximate surface area is 262 Å². The maximum atomic E-state index is 15.9. The second-order valence-electron chi connectivity index (χ2n) is 13.6. The quantitative estimate of drug-likeness (QED) is 0.310. The highest BCUT2D eigenvalue weighted by Crippen LogP contribution is 2.57. The average Bonchev–Trinajstić information content (AvgIpc) is 3.40. The maximum absolute atomic E-state index is 15.9. The number of ether oxygens (including phenoxy) is 1. The monoisotopic (exact) mass is 631 g/mol. The van der Waals surface area contributed by atoms with Crippen LogP contribution in [0.4, 0.5) is 10.1 Å². The minimum Gasteiger partial charge on any atom is -0.461 e. The third kappa shape index (κ3) is 6.08. The fourth-order valence-electron chi connectivity index (χ4n) is 7.34. The number of anilines is 1. The van der Waals surface area contributed by atoms with E-state index in [-0.39, 0.29) is 46.1 Å². The fraction of sp³-hybridized carbons (Fsp3) is 0.545. The van der Waals surface area contributed by atoms with Crippen LogP contribution in [0.25, 0.3) is 0 Å². The van der Waals surface area contributed by atoms with E-state index >= 15 is 4.39 Å². The van der Waals surface area contributed by atoms with E-state index in [4.69, 9.17) is 33.7 Å². The number of Topliss-reactive ketones (excluding diaryl/α,β-unsaturated/α-hetero) is 1. The molecule has 2 fully saturated rings. The van der Waals surface area contributed by atoms with Crippen LogP contribution in [0.2, 0.25) is 10.0 Å². The Balaban J connectivity index is 1.52. The summed E-state index contributed by atoms with van der Waals surface area (Å²) in [7, 11) is 0. The number of carbonyl (C=O) groups excluding carboxylic acids is 3. The van der Waals surface area contributed by atoms with E-state index in [1.54, 1.807) is 31.2 Å². The van der Waals surface area contributed by atoms with E-state index in [0.29, 0.717) is 48.4 Å². The zero-order chi connectivity index (χ0) is 31.3. The van der Waals surface area contributed by atoms with Crippen molar-refractivity contribution in [1.82, 2.24) is 5.32 Å². The molecule has 2 aliphatic heterocycles. The predicted octanol–water partition coefficient (Wildman–Crippen LogP) is 6.29. The normalized spacial score (nSPS) is 29.3. The molecule has 1 saturated carbocycles. The third-order valence-corrected chi connectivity index (χ3v) is 9.75. The Kier molecular flexibility index (Phi) is 8.98. The second-order valence-corrected chi connectivity index (χ2v) is 14.5. The molecule has 3 aliphatic rings. The summed E-state index contributed by atoms with van der Waals surface area (Å²) in [6.45, 7) is 7.84. The molecule has 4 N–H and O–H groups in total. The standard InChI is InChI=1S/C33H40Cl2FN3O4/c1-17(37)30(41)43-20-11-8-18(9-12-20)14-25(40)29-27(21-6-5-7-23(35)28(21)36)33(26(39-29)16-32(2,3)4)22-13-10-19(34)15-24(22)38-31(33)42/h5-7,10,13,15,17-18,20,26-27,29,39H,8-9,11-12,14,16,37H2,1-4H3,(H,38,42)/t17-,18?,20?,26-,27+,29+,33+/m1/s1. The van der Waals surface area contributed by atoms with Gasteiger partial charge >= 0.3 is 5.97 Å². The SMILES string of the molecule is C[C@@H](N)C(=O)OC1CCC(CC(=O)[C@@H]2N[C@H](CC(C)(C)C)[C@]3(C(=O)Nc4cc(Cl)ccc43)[C@H]2c2cccc(Cl)c2F)CC1. The van der Waals surface area contributed by atoms with Crippen molar-refractivity contribution in [3.05, 3.63) is 63.4 Å². The minimum absolute atomic E-state index is 0.0625. The number of benzene rings is 2. The van der Waals surface area contributed by atoms with Crippen molar-refractivity contribution < 1.29 is 23.5 Å². The van der Waals surface area contributed by atoms with Gasteiger partial charge in [0, 0.05) is 29.1 Å². The number of halogens is 3. The summed E-state index contributed by atoms with van der Waals surface area (Å²) in [5, 5.41) is 6.98. The Morgan fingerprint density at radius 3 is 2.49 bits per heavy atom. The first-order valence-corrected chi connectivity index (χ1v) is 15.8. The van der Waals surface area contributed by atoms with Crippen molar-refractivity contribution in [2.75, 3.05) is 5.32 Å². The Hall–Kier alpha value is -2.52. The number of nitrogens with two attached hydrogens (primary N) is 1. The molecule has 1 aliphatic carbocycles. The molecule has 5 atom stereocenters. The molecule has 5 rings (SSSR count). The van der Waals surface area contributed by atoms with Gasteiger partial charge in [0.1, 0.15) is 23.4 Å². The first-order valence-electron chi connectivity index (χ1n) is 15.0. The maximum Gasteiger partial charge on any atom is 0.322 e. The van der Waals surface area contributed by atoms with E-state index in [0.717, 1.165) is 0 Å². The molecule has 7 nitrogen and oxygen atoms in total. The van der Waals surface area contributed by atoms with Crippen molar-refractivity contribution in [1.29, 1.82) is 0 Å². The molecule has 10 heteroatoms. The van der Waals surface area contributed by atoms with Crippen LogP contribution in [0.15, 0.2) is 36.4 Å². The predicted molar refractivity (Wildman–Crippen MR) is 166 cm³/mol. The van der Waals surface area contributed by atoms with Gasteiger partial charge < -0.3 is 21.1 Å². The van der Waals surface area contributed by atoms with Gasteiger partial charge in [-0.15, -0.1) is 0 Å². The fourth-order valence-corrected chi connectivity index (χ4v) is 7.69. The molecule has 2 aromatic carbocycles. The number of nitrogens with one attached hydrogen (secondary N) is 2. The van der Waals surface area contributed by atoms with E-state index < -0.39 is 41.2 Å². The number of esters is 1. The number of hydrogen-bond acceptors (Lipinski definition) is 6. The summed E-state index contributed by atoms with van der Waals surface area (Å²) in [6, 6.07) is 8.03. The zero-order valence-electron chi connectivity index (χ0n) is 25.0. The number of fused-ring (bicyclic) bond motifs is 2. The minimum atomic E-state index is -1.27. The molecule has 1 saturated heterocycles. The highest BCUT2D eigenvalue weighted by Gasteiger charge is 2.66. The molecular weight excluding hydrogens is 592 g/mol. The van der Waals surface area contributed by atoms with Crippen molar-refractivity contribution in [2.45, 2.75) is 102 Å². The van der Waals surface area contributed by atoms with E-state index in [1.165, 1.54) is 6.07 Å². The van der Waals surface area contributed by atoms with Crippen LogP contribution < -0.4 is 16.4 Å². The number of ketones is 1. The third-order valence-electron chi connectivity index (χ3n) is 9.22. The van der Waals surface area contributed by atoms with Crippen molar-refractivity contribution in [2.24, 2.45) is 17.1 Å². The molecule has 0 aromatic heterocycles. The highest BCUT2D eigenvalue weighted by molar-refractivity contribution is 6.31. The summed E-state index contributed by atoms with van der Waals surface area (Å²) >= 11 is 12.6. The topological polar surface area (TPSA) is 111 Å². The highest BCUT2D eigenvalue weighted by atomic mass is 35.5. The van der Waals surface area contributed by atoms with Crippen LogP contribution in [0.5, 0.6) is 0 Å². The summed E-state index contributed by atoms with van der Waals surface area (Å²) < 4.78 is 21.5. The Morgan fingerprint density at radius 1 is 1.14 bits per heavy atom. The molecule has 0 unspecified atom stereocenters. The molecule has 43 heavy (non-hydrogen) atoms. The van der Waals surface area contributed by atoms with Gasteiger partial charge in [0.25, 0.3) is 0 Å². The van der Waals surface area contributed by atoms with Crippen LogP contribution in [0.3, 0.4) is 0 Å². The number of amides is 1. The molecule has 1 spiro atoms. The van der Waals surface area contributed by atoms with E-state index in [1.807, 2.05) is 6.07 Å². The second kappa shape index (κ2) is 12.1. The van der Waals surface area contributed by atoms with E-state index in [2.05, 4.69) is 31.4 Å². The summed E-state index contributed by atoms with van der Waals surface area (Å²) in [5.41, 5.74) is 5.65. The molecule has 0 radical (unpaired) electrons. The van der Waals surface area contributed by atoms with Crippen molar-refractivity contribution in [3.63, 3.8) is 0 Å². The van der Waals surface area contributed by atoms with Crippen molar-refractivity contribution >= 4 is 46.5 Å². The lowest BCUT2D eigenvalue weighted by molar-refractivity contribution is -0.152. The number of hydrogen-bond donors (Lipinski definition) is 3. The summed E-state index contributed by atoms with van der Waals surface area (Å²) in [6.07, 6.45) is 3.32. The van der Waals surface area contributed by atoms with Gasteiger partial charge in [-0.05, 0) is 79.7 Å². The van der Waals surface area contributed by atoms with Crippen LogP contribution in [0.1, 0.15) is 83.3 Å². The van der Waals surface area contributed by atoms with Crippen LogP contribution in [-0.4, -0.2) is 41.9 Å². The smallest absolute Gasteiger partial charge is 0.322 e. The number of rotatable bonds is 7. The largest absolute Gasteiger partial charge is 0.461 e. The zero-order valence-corrected chi connectivity index (χ0v) is 26.5. The van der Waals surface area contributed by atoms with Gasteiger partial charge in [0.05, 0.1) is 11.1 Å². The molecule has 2 aromatic rings. The Morgan fingerprint density at radius 2 is 1.84 bits per heavy atom. The molecule has 1 amide bonds. The van der Waals surface area contributed by atoms with Gasteiger partial charge in [-0.25, -0.2) is 4.39 Å².